The molecule has 46 heavy (non-hydrogen) atoms. The Morgan fingerprint density at radius 1 is 0.848 bits per heavy atom. The first-order chi connectivity index (χ1) is 21.9. The van der Waals surface area contributed by atoms with Gasteiger partial charge in [-0.1, -0.05) is 12.8 Å². The lowest BCUT2D eigenvalue weighted by Gasteiger charge is -2.10. The highest BCUT2D eigenvalue weighted by Crippen LogP contribution is 2.24. The van der Waals surface area contributed by atoms with Crippen LogP contribution in [-0.2, 0) is 43.6 Å². The third kappa shape index (κ3) is 9.25. The van der Waals surface area contributed by atoms with Crippen LogP contribution in [0, 0.1) is 5.92 Å². The summed E-state index contributed by atoms with van der Waals surface area (Å²) in [6.45, 7) is 1.80. The first kappa shape index (κ1) is 34.4. The van der Waals surface area contributed by atoms with Crippen molar-refractivity contribution in [2.75, 3.05) is 39.0 Å². The van der Waals surface area contributed by atoms with Gasteiger partial charge in [-0.25, -0.2) is 4.98 Å². The number of carbonyl (C=O) groups is 5. The van der Waals surface area contributed by atoms with Crippen molar-refractivity contribution in [3.8, 4) is 0 Å². The van der Waals surface area contributed by atoms with Crippen molar-refractivity contribution in [1.29, 1.82) is 0 Å². The summed E-state index contributed by atoms with van der Waals surface area (Å²) in [4.78, 5) is 69.3. The lowest BCUT2D eigenvalue weighted by atomic mass is 10.1. The van der Waals surface area contributed by atoms with Crippen LogP contribution >= 0.6 is 0 Å². The zero-order valence-electron chi connectivity index (χ0n) is 27.6. The third-order valence-electron chi connectivity index (χ3n) is 8.27. The molecule has 3 aromatic rings. The number of imidazole rings is 1. The minimum Gasteiger partial charge on any atom is -0.355 e. The number of Topliss-reactive ketones (excluding diaryl/α,β-unsaturated/α-hetero) is 2. The van der Waals surface area contributed by atoms with Crippen molar-refractivity contribution in [2.24, 2.45) is 27.1 Å². The number of aromatic nitrogens is 4. The van der Waals surface area contributed by atoms with E-state index in [4.69, 9.17) is 0 Å². The molecule has 1 saturated carbocycles. The van der Waals surface area contributed by atoms with Gasteiger partial charge in [-0.3, -0.25) is 24.0 Å². The highest BCUT2D eigenvalue weighted by Gasteiger charge is 2.23. The second-order valence-corrected chi connectivity index (χ2v) is 12.6. The van der Waals surface area contributed by atoms with E-state index in [-0.39, 0.29) is 66.8 Å². The summed E-state index contributed by atoms with van der Waals surface area (Å²) < 4.78 is 4.96. The lowest BCUT2D eigenvalue weighted by molar-refractivity contribution is -0.858. The Bertz CT molecular complexity index is 1570. The van der Waals surface area contributed by atoms with Gasteiger partial charge in [0.15, 0.2) is 11.6 Å². The van der Waals surface area contributed by atoms with Gasteiger partial charge >= 0.3 is 0 Å². The zero-order chi connectivity index (χ0) is 33.4. The van der Waals surface area contributed by atoms with Crippen molar-refractivity contribution < 1.29 is 28.9 Å². The molecule has 0 aromatic carbocycles. The molecule has 3 amide bonds. The van der Waals surface area contributed by atoms with Crippen LogP contribution in [0.3, 0.4) is 0 Å². The molecule has 4 rings (SSSR count). The second kappa shape index (κ2) is 15.7. The number of carbonyl (C=O) groups excluding carboxylic acids is 5. The van der Waals surface area contributed by atoms with Crippen LogP contribution in [0.5, 0.6) is 0 Å². The predicted molar refractivity (Wildman–Crippen MR) is 173 cm³/mol. The van der Waals surface area contributed by atoms with E-state index in [1.807, 2.05) is 0 Å². The van der Waals surface area contributed by atoms with E-state index >= 15 is 0 Å². The molecule has 0 radical (unpaired) electrons. The van der Waals surface area contributed by atoms with E-state index in [1.165, 1.54) is 4.90 Å². The first-order valence-electron chi connectivity index (χ1n) is 16.0. The number of hydrogen-bond donors (Lipinski definition) is 4. The number of quaternary nitrogens is 1. The van der Waals surface area contributed by atoms with Gasteiger partial charge in [0.1, 0.15) is 5.69 Å². The third-order valence-corrected chi connectivity index (χ3v) is 8.27. The Morgan fingerprint density at radius 2 is 1.57 bits per heavy atom. The monoisotopic (exact) mass is 635 g/mol. The molecule has 1 fully saturated rings. The van der Waals surface area contributed by atoms with E-state index in [0.717, 1.165) is 38.6 Å². The number of hydrogen-bond acceptors (Lipinski definition) is 6. The van der Waals surface area contributed by atoms with Crippen LogP contribution in [0.2, 0.25) is 0 Å². The van der Waals surface area contributed by atoms with Crippen LogP contribution < -0.4 is 20.9 Å². The fourth-order valence-electron chi connectivity index (χ4n) is 5.85. The summed E-state index contributed by atoms with van der Waals surface area (Å²) in [5, 5.41) is 8.56. The Labute approximate surface area is 269 Å². The highest BCUT2D eigenvalue weighted by molar-refractivity contribution is 5.99. The van der Waals surface area contributed by atoms with Crippen molar-refractivity contribution in [3.63, 3.8) is 0 Å². The molecule has 1 aliphatic carbocycles. The number of nitrogens with zero attached hydrogens (tertiary/aromatic N) is 4. The molecule has 248 valence electrons. The van der Waals surface area contributed by atoms with E-state index < -0.39 is 0 Å². The molecule has 3 heterocycles. The Hall–Kier alpha value is -4.52. The quantitative estimate of drug-likeness (QED) is 0.135. The van der Waals surface area contributed by atoms with Crippen LogP contribution in [0.4, 0.5) is 5.69 Å². The molecular formula is C33H47N8O5+. The molecule has 0 bridgehead atoms. The SMILES string of the molecule is Cn1cc(NC(=O)CCNC(=O)C2CCCC2)cc1C(=O)Cc1cn(C)c(C(=O)Cc2cc(C(=O)NCCC[NH+](C)C)n(C)c2)n1. The van der Waals surface area contributed by atoms with Gasteiger partial charge in [0.2, 0.25) is 17.6 Å². The first-order valence-corrected chi connectivity index (χ1v) is 16.0. The number of anilines is 1. The Balaban J connectivity index is 1.28. The lowest BCUT2D eigenvalue weighted by Crippen LogP contribution is -3.05. The van der Waals surface area contributed by atoms with Gasteiger partial charge in [-0.15, -0.1) is 0 Å². The molecule has 13 heteroatoms. The van der Waals surface area contributed by atoms with Gasteiger partial charge in [-0.2, -0.15) is 0 Å². The zero-order valence-corrected chi connectivity index (χ0v) is 27.6. The smallest absolute Gasteiger partial charge is 0.267 e. The van der Waals surface area contributed by atoms with E-state index in [1.54, 1.807) is 65.6 Å². The van der Waals surface area contributed by atoms with Crippen LogP contribution in [0.25, 0.3) is 0 Å². The summed E-state index contributed by atoms with van der Waals surface area (Å²) in [6.07, 6.45) is 10.1. The summed E-state index contributed by atoms with van der Waals surface area (Å²) in [6, 6.07) is 3.33. The maximum Gasteiger partial charge on any atom is 0.267 e. The molecule has 0 spiro atoms. The van der Waals surface area contributed by atoms with Gasteiger partial charge in [-0.05, 0) is 30.5 Å². The summed E-state index contributed by atoms with van der Waals surface area (Å²) >= 11 is 0. The molecule has 0 unspecified atom stereocenters. The van der Waals surface area contributed by atoms with Gasteiger partial charge < -0.3 is 34.6 Å². The van der Waals surface area contributed by atoms with Gasteiger partial charge in [0, 0.05) is 78.0 Å². The standard InChI is InChI=1S/C33H46N8O5/c1-38(2)14-8-12-34-33(46)27-15-22(19-39(27)3)16-29(43)31-37-25(21-41(31)5)18-28(42)26-17-24(20-40(26)4)36-30(44)11-13-35-32(45)23-9-6-7-10-23/h15,17,19-21,23H,6-14,16,18H2,1-5H3,(H,34,46)(H,35,45)(H,36,44)/p+1. The van der Waals surface area contributed by atoms with Crippen molar-refractivity contribution in [1.82, 2.24) is 29.3 Å². The van der Waals surface area contributed by atoms with E-state index in [0.29, 0.717) is 34.9 Å². The number of nitrogens with one attached hydrogen (secondary N) is 4. The number of aryl methyl sites for hydroxylation is 3. The maximum atomic E-state index is 13.2. The molecule has 0 saturated heterocycles. The molecule has 13 nitrogen and oxygen atoms in total. The molecule has 1 aliphatic rings. The Kier molecular flexibility index (Phi) is 11.7. The summed E-state index contributed by atoms with van der Waals surface area (Å²) in [7, 11) is 9.33. The average molecular weight is 636 g/mol. The van der Waals surface area contributed by atoms with Gasteiger partial charge in [0.05, 0.1) is 44.1 Å². The summed E-state index contributed by atoms with van der Waals surface area (Å²) in [5.41, 5.74) is 2.51. The minimum absolute atomic E-state index is 0.0122. The van der Waals surface area contributed by atoms with Crippen LogP contribution in [0.1, 0.15) is 81.4 Å². The van der Waals surface area contributed by atoms with Crippen molar-refractivity contribution in [3.05, 3.63) is 59.2 Å². The fourth-order valence-corrected chi connectivity index (χ4v) is 5.85. The second-order valence-electron chi connectivity index (χ2n) is 12.6. The number of rotatable bonds is 16. The van der Waals surface area contributed by atoms with Gasteiger partial charge in [0.25, 0.3) is 5.91 Å². The van der Waals surface area contributed by atoms with Crippen LogP contribution in [0.15, 0.2) is 30.7 Å². The molecule has 4 N–H and O–H groups in total. The molecular weight excluding hydrogens is 588 g/mol. The topological polar surface area (TPSA) is 154 Å². The fraction of sp³-hybridized carbons (Fsp3) is 0.515. The largest absolute Gasteiger partial charge is 0.355 e. The predicted octanol–water partition coefficient (Wildman–Crippen LogP) is 0.847. The number of ketones is 2. The van der Waals surface area contributed by atoms with Crippen molar-refractivity contribution >= 4 is 35.0 Å². The average Bonchev–Trinajstić information content (AvgIpc) is 3.79. The van der Waals surface area contributed by atoms with E-state index in [2.05, 4.69) is 35.0 Å². The van der Waals surface area contributed by atoms with Crippen LogP contribution in [-0.4, -0.2) is 81.7 Å². The normalized spacial score (nSPS) is 13.3. The van der Waals surface area contributed by atoms with E-state index in [9.17, 15) is 24.0 Å². The minimum atomic E-state index is -0.254. The summed E-state index contributed by atoms with van der Waals surface area (Å²) in [5.74, 6) is -0.581. The number of amides is 3. The Morgan fingerprint density at radius 3 is 2.28 bits per heavy atom. The molecule has 0 atom stereocenters. The maximum absolute atomic E-state index is 13.2. The molecule has 3 aromatic heterocycles. The molecule has 0 aliphatic heterocycles. The van der Waals surface area contributed by atoms with Crippen molar-refractivity contribution in [2.45, 2.75) is 51.4 Å². The highest BCUT2D eigenvalue weighted by atomic mass is 16.2.